The second kappa shape index (κ2) is 10.3. The minimum absolute atomic E-state index is 0.0386. The highest BCUT2D eigenvalue weighted by molar-refractivity contribution is 5.34. The zero-order valence-corrected chi connectivity index (χ0v) is 16.9. The lowest BCUT2D eigenvalue weighted by Gasteiger charge is -2.21. The predicted molar refractivity (Wildman–Crippen MR) is 112 cm³/mol. The summed E-state index contributed by atoms with van der Waals surface area (Å²) in [5, 5.41) is 0. The van der Waals surface area contributed by atoms with E-state index in [-0.39, 0.29) is 6.42 Å². The van der Waals surface area contributed by atoms with Gasteiger partial charge in [-0.1, -0.05) is 54.6 Å². The van der Waals surface area contributed by atoms with Gasteiger partial charge >= 0.3 is 6.18 Å². The number of hydrogen-bond donors (Lipinski definition) is 0. The van der Waals surface area contributed by atoms with Crippen LogP contribution in [0, 0.1) is 0 Å². The lowest BCUT2D eigenvalue weighted by molar-refractivity contribution is -0.152. The second-order valence-corrected chi connectivity index (χ2v) is 7.22. The lowest BCUT2D eigenvalue weighted by atomic mass is 9.91. The first-order valence-electron chi connectivity index (χ1n) is 9.92. The zero-order valence-electron chi connectivity index (χ0n) is 16.9. The number of halogens is 3. The van der Waals surface area contributed by atoms with E-state index >= 15 is 0 Å². The third kappa shape index (κ3) is 6.36. The number of hydrogen-bond acceptors (Lipinski definition) is 2. The summed E-state index contributed by atoms with van der Waals surface area (Å²) in [5.41, 5.74) is 2.11. The van der Waals surface area contributed by atoms with Crippen LogP contribution in [0.25, 0.3) is 0 Å². The van der Waals surface area contributed by atoms with Crippen molar-refractivity contribution in [3.8, 4) is 11.5 Å². The van der Waals surface area contributed by atoms with Gasteiger partial charge in [0.05, 0.1) is 12.5 Å². The van der Waals surface area contributed by atoms with E-state index in [0.29, 0.717) is 30.8 Å². The summed E-state index contributed by atoms with van der Waals surface area (Å²) in [6, 6.07) is 23.4. The fraction of sp³-hybridized carbons (Fsp3) is 0.280. The van der Waals surface area contributed by atoms with E-state index in [9.17, 15) is 13.2 Å². The van der Waals surface area contributed by atoms with Gasteiger partial charge in [-0.2, -0.15) is 13.2 Å². The van der Waals surface area contributed by atoms with Gasteiger partial charge in [-0.05, 0) is 60.2 Å². The van der Waals surface area contributed by atoms with E-state index in [1.807, 2.05) is 54.6 Å². The van der Waals surface area contributed by atoms with Gasteiger partial charge < -0.3 is 9.47 Å². The highest BCUT2D eigenvalue weighted by Gasteiger charge is 2.39. The van der Waals surface area contributed by atoms with Crippen LogP contribution >= 0.6 is 0 Å². The molecule has 0 saturated carbocycles. The highest BCUT2D eigenvalue weighted by Crippen LogP contribution is 2.38. The number of alkyl halides is 3. The third-order valence-corrected chi connectivity index (χ3v) is 4.92. The van der Waals surface area contributed by atoms with E-state index in [0.717, 1.165) is 16.9 Å². The smallest absolute Gasteiger partial charge is 0.395 e. The summed E-state index contributed by atoms with van der Waals surface area (Å²) >= 11 is 0. The van der Waals surface area contributed by atoms with Crippen molar-refractivity contribution in [1.29, 1.82) is 0 Å². The molecule has 0 bridgehead atoms. The molecule has 3 rings (SSSR count). The molecule has 30 heavy (non-hydrogen) atoms. The number of ether oxygens (including phenoxy) is 2. The molecule has 0 N–H and O–H groups in total. The molecule has 0 fully saturated rings. The summed E-state index contributed by atoms with van der Waals surface area (Å²) in [4.78, 5) is 0. The van der Waals surface area contributed by atoms with Crippen LogP contribution in [0.5, 0.6) is 11.5 Å². The number of para-hydroxylation sites is 1. The molecule has 1 unspecified atom stereocenters. The molecule has 0 aliphatic rings. The maximum Gasteiger partial charge on any atom is 0.395 e. The fourth-order valence-electron chi connectivity index (χ4n) is 3.43. The van der Waals surface area contributed by atoms with Gasteiger partial charge in [0.15, 0.2) is 0 Å². The van der Waals surface area contributed by atoms with Crippen LogP contribution in [-0.4, -0.2) is 13.3 Å². The molecule has 0 aliphatic carbocycles. The largest absolute Gasteiger partial charge is 0.457 e. The molecular weight excluding hydrogens is 389 g/mol. The Bertz CT molecular complexity index is 906. The molecule has 1 atom stereocenters. The molecule has 0 aliphatic heterocycles. The molecule has 0 amide bonds. The van der Waals surface area contributed by atoms with E-state index in [1.165, 1.54) is 0 Å². The summed E-state index contributed by atoms with van der Waals surface area (Å²) in [5.74, 6) is -0.0682. The van der Waals surface area contributed by atoms with E-state index in [1.54, 1.807) is 31.4 Å². The van der Waals surface area contributed by atoms with E-state index < -0.39 is 12.1 Å². The number of rotatable bonds is 9. The number of aryl methyl sites for hydroxylation is 1. The molecule has 0 aromatic heterocycles. The zero-order chi connectivity index (χ0) is 21.4. The number of benzene rings is 3. The number of methoxy groups -OCH3 is 1. The first-order chi connectivity index (χ1) is 14.5. The normalized spacial score (nSPS) is 12.5. The average molecular weight is 414 g/mol. The van der Waals surface area contributed by atoms with Crippen molar-refractivity contribution in [3.05, 3.63) is 95.6 Å². The minimum Gasteiger partial charge on any atom is -0.457 e. The van der Waals surface area contributed by atoms with Crippen molar-refractivity contribution >= 4 is 0 Å². The summed E-state index contributed by atoms with van der Waals surface area (Å²) in [6.07, 6.45) is -3.25. The second-order valence-electron chi connectivity index (χ2n) is 7.22. The van der Waals surface area contributed by atoms with Crippen LogP contribution in [0.1, 0.15) is 35.4 Å². The van der Waals surface area contributed by atoms with Crippen molar-refractivity contribution < 1.29 is 22.6 Å². The van der Waals surface area contributed by atoms with Crippen molar-refractivity contribution in [2.45, 2.75) is 38.0 Å². The summed E-state index contributed by atoms with van der Waals surface area (Å²) < 4.78 is 51.8. The highest BCUT2D eigenvalue weighted by atomic mass is 19.4. The van der Waals surface area contributed by atoms with Gasteiger partial charge in [0.1, 0.15) is 11.5 Å². The Morgan fingerprint density at radius 2 is 1.50 bits per heavy atom. The summed E-state index contributed by atoms with van der Waals surface area (Å²) in [7, 11) is 1.56. The first-order valence-corrected chi connectivity index (χ1v) is 9.92. The van der Waals surface area contributed by atoms with Crippen LogP contribution in [0.3, 0.4) is 0 Å². The monoisotopic (exact) mass is 414 g/mol. The average Bonchev–Trinajstić information content (AvgIpc) is 2.72. The topological polar surface area (TPSA) is 18.5 Å². The van der Waals surface area contributed by atoms with E-state index in [2.05, 4.69) is 0 Å². The van der Waals surface area contributed by atoms with Crippen LogP contribution in [0.15, 0.2) is 78.9 Å². The molecule has 158 valence electrons. The minimum atomic E-state index is -4.28. The molecule has 3 aromatic rings. The van der Waals surface area contributed by atoms with Crippen LogP contribution in [-0.2, 0) is 17.8 Å². The molecule has 0 spiro atoms. The molecule has 5 heteroatoms. The fourth-order valence-corrected chi connectivity index (χ4v) is 3.43. The lowest BCUT2D eigenvalue weighted by Crippen LogP contribution is -2.21. The molecule has 2 nitrogen and oxygen atoms in total. The third-order valence-electron chi connectivity index (χ3n) is 4.92. The molecular formula is C25H25F3O2. The van der Waals surface area contributed by atoms with Gasteiger partial charge in [-0.25, -0.2) is 0 Å². The Morgan fingerprint density at radius 3 is 2.17 bits per heavy atom. The van der Waals surface area contributed by atoms with Crippen LogP contribution in [0.2, 0.25) is 0 Å². The molecule has 0 heterocycles. The Morgan fingerprint density at radius 1 is 0.800 bits per heavy atom. The standard InChI is InChI=1S/C25H25F3O2/c1-29-18-20-13-15-21(16-14-20)24(25(26,27)28)12-6-8-19-7-5-11-23(17-19)30-22-9-3-2-4-10-22/h2-5,7,9-11,13-17,24H,6,8,12,18H2,1H3. The molecule has 3 aromatic carbocycles. The van der Waals surface area contributed by atoms with Crippen molar-refractivity contribution in [3.63, 3.8) is 0 Å². The predicted octanol–water partition coefficient (Wildman–Crippen LogP) is 7.29. The van der Waals surface area contributed by atoms with E-state index in [4.69, 9.17) is 9.47 Å². The van der Waals surface area contributed by atoms with Gasteiger partial charge in [-0.15, -0.1) is 0 Å². The Kier molecular flexibility index (Phi) is 7.52. The van der Waals surface area contributed by atoms with Crippen molar-refractivity contribution in [1.82, 2.24) is 0 Å². The molecule has 0 saturated heterocycles. The van der Waals surface area contributed by atoms with Crippen LogP contribution in [0.4, 0.5) is 13.2 Å². The van der Waals surface area contributed by atoms with Crippen molar-refractivity contribution in [2.75, 3.05) is 7.11 Å². The van der Waals surface area contributed by atoms with Crippen LogP contribution < -0.4 is 4.74 Å². The maximum atomic E-state index is 13.6. The van der Waals surface area contributed by atoms with Crippen molar-refractivity contribution in [2.24, 2.45) is 0 Å². The first kappa shape index (κ1) is 21.9. The Labute approximate surface area is 175 Å². The SMILES string of the molecule is COCc1ccc(C(CCCc2cccc(Oc3ccccc3)c2)C(F)(F)F)cc1. The maximum absolute atomic E-state index is 13.6. The van der Waals surface area contributed by atoms with Gasteiger partial charge in [0.2, 0.25) is 0 Å². The van der Waals surface area contributed by atoms with Gasteiger partial charge in [0, 0.05) is 7.11 Å². The Hall–Kier alpha value is -2.79. The van der Waals surface area contributed by atoms with Gasteiger partial charge in [-0.3, -0.25) is 0 Å². The quantitative estimate of drug-likeness (QED) is 0.366. The van der Waals surface area contributed by atoms with Gasteiger partial charge in [0.25, 0.3) is 0 Å². The summed E-state index contributed by atoms with van der Waals surface area (Å²) in [6.45, 7) is 0.387. The molecule has 0 radical (unpaired) electrons. The Balaban J connectivity index is 1.62.